The summed E-state index contributed by atoms with van der Waals surface area (Å²) >= 11 is 0. The van der Waals surface area contributed by atoms with Crippen molar-refractivity contribution in [1.29, 1.82) is 0 Å². The average Bonchev–Trinajstić information content (AvgIpc) is 2.41. The van der Waals surface area contributed by atoms with Gasteiger partial charge in [-0.1, -0.05) is 12.1 Å². The van der Waals surface area contributed by atoms with Gasteiger partial charge in [0.05, 0.1) is 6.04 Å². The minimum Gasteiger partial charge on any atom is -0.478 e. The van der Waals surface area contributed by atoms with E-state index >= 15 is 0 Å². The van der Waals surface area contributed by atoms with Crippen LogP contribution in [0.4, 0.5) is 14.6 Å². The molecule has 0 amide bonds. The van der Waals surface area contributed by atoms with Crippen molar-refractivity contribution in [3.63, 3.8) is 0 Å². The second-order valence-corrected chi connectivity index (χ2v) is 4.24. The molecule has 4 nitrogen and oxygen atoms in total. The SMILES string of the molecule is CC(Nc1nccc(C(=O)O)c1F)c1ccc(F)cc1. The molecule has 0 aliphatic heterocycles. The molecule has 1 heterocycles. The predicted octanol–water partition coefficient (Wildman–Crippen LogP) is 3.23. The summed E-state index contributed by atoms with van der Waals surface area (Å²) in [6.45, 7) is 1.74. The van der Waals surface area contributed by atoms with Crippen molar-refractivity contribution < 1.29 is 18.7 Å². The molecular weight excluding hydrogens is 266 g/mol. The molecule has 0 spiro atoms. The lowest BCUT2D eigenvalue weighted by Crippen LogP contribution is -2.12. The summed E-state index contributed by atoms with van der Waals surface area (Å²) < 4.78 is 26.7. The molecule has 0 radical (unpaired) electrons. The first kappa shape index (κ1) is 13.9. The van der Waals surface area contributed by atoms with Crippen molar-refractivity contribution in [1.82, 2.24) is 4.98 Å². The standard InChI is InChI=1S/C14H12F2N2O2/c1-8(9-2-4-10(15)5-3-9)18-13-12(16)11(14(19)20)6-7-17-13/h2-8H,1H3,(H,17,18)(H,19,20). The van der Waals surface area contributed by atoms with Crippen LogP contribution < -0.4 is 5.32 Å². The monoisotopic (exact) mass is 278 g/mol. The second kappa shape index (κ2) is 5.64. The smallest absolute Gasteiger partial charge is 0.338 e. The summed E-state index contributed by atoms with van der Waals surface area (Å²) in [5, 5.41) is 11.6. The van der Waals surface area contributed by atoms with Crippen LogP contribution in [0.15, 0.2) is 36.5 Å². The molecule has 1 unspecified atom stereocenters. The van der Waals surface area contributed by atoms with Crippen LogP contribution in [0.5, 0.6) is 0 Å². The number of aromatic carboxylic acids is 1. The molecule has 0 aliphatic carbocycles. The first-order valence-electron chi connectivity index (χ1n) is 5.89. The largest absolute Gasteiger partial charge is 0.478 e. The average molecular weight is 278 g/mol. The Hall–Kier alpha value is -2.50. The first-order chi connectivity index (χ1) is 9.49. The fourth-order valence-corrected chi connectivity index (χ4v) is 1.75. The number of hydrogen-bond donors (Lipinski definition) is 2. The maximum Gasteiger partial charge on any atom is 0.338 e. The highest BCUT2D eigenvalue weighted by molar-refractivity contribution is 5.88. The highest BCUT2D eigenvalue weighted by atomic mass is 19.1. The molecule has 0 bridgehead atoms. The summed E-state index contributed by atoms with van der Waals surface area (Å²) in [5.41, 5.74) is 0.280. The van der Waals surface area contributed by atoms with E-state index in [4.69, 9.17) is 5.11 Å². The number of carboxylic acids is 1. The van der Waals surface area contributed by atoms with Gasteiger partial charge in [0.15, 0.2) is 11.6 Å². The molecule has 1 aromatic heterocycles. The summed E-state index contributed by atoms with van der Waals surface area (Å²) in [7, 11) is 0. The lowest BCUT2D eigenvalue weighted by atomic mass is 10.1. The van der Waals surface area contributed by atoms with Crippen LogP contribution in [-0.4, -0.2) is 16.1 Å². The second-order valence-electron chi connectivity index (χ2n) is 4.24. The minimum absolute atomic E-state index is 0.151. The van der Waals surface area contributed by atoms with E-state index in [-0.39, 0.29) is 17.7 Å². The normalized spacial score (nSPS) is 11.9. The molecule has 0 saturated heterocycles. The lowest BCUT2D eigenvalue weighted by Gasteiger charge is -2.15. The van der Waals surface area contributed by atoms with Gasteiger partial charge >= 0.3 is 5.97 Å². The van der Waals surface area contributed by atoms with E-state index in [0.717, 1.165) is 11.6 Å². The summed E-state index contributed by atoms with van der Waals surface area (Å²) in [4.78, 5) is 14.6. The van der Waals surface area contributed by atoms with Gasteiger partial charge in [0.25, 0.3) is 0 Å². The zero-order valence-corrected chi connectivity index (χ0v) is 10.6. The van der Waals surface area contributed by atoms with Crippen molar-refractivity contribution in [3.05, 3.63) is 59.3 Å². The van der Waals surface area contributed by atoms with Gasteiger partial charge < -0.3 is 10.4 Å². The maximum absolute atomic E-state index is 13.9. The highest BCUT2D eigenvalue weighted by Crippen LogP contribution is 2.21. The Morgan fingerprint density at radius 2 is 1.90 bits per heavy atom. The number of anilines is 1. The molecule has 0 fully saturated rings. The van der Waals surface area contributed by atoms with E-state index in [1.807, 2.05) is 0 Å². The Morgan fingerprint density at radius 3 is 2.50 bits per heavy atom. The van der Waals surface area contributed by atoms with Gasteiger partial charge in [-0.15, -0.1) is 0 Å². The number of nitrogens with zero attached hydrogens (tertiary/aromatic N) is 1. The molecule has 2 aromatic rings. The highest BCUT2D eigenvalue weighted by Gasteiger charge is 2.16. The van der Waals surface area contributed by atoms with E-state index in [0.29, 0.717) is 0 Å². The van der Waals surface area contributed by atoms with Crippen molar-refractivity contribution in [2.24, 2.45) is 0 Å². The van der Waals surface area contributed by atoms with E-state index in [1.165, 1.54) is 18.3 Å². The lowest BCUT2D eigenvalue weighted by molar-refractivity contribution is 0.0692. The van der Waals surface area contributed by atoms with Gasteiger partial charge in [-0.2, -0.15) is 0 Å². The molecule has 0 aliphatic rings. The molecule has 1 atom stereocenters. The predicted molar refractivity (Wildman–Crippen MR) is 69.6 cm³/mol. The number of halogens is 2. The summed E-state index contributed by atoms with van der Waals surface area (Å²) in [6, 6.07) is 6.46. The number of nitrogens with one attached hydrogen (secondary N) is 1. The van der Waals surface area contributed by atoms with Crippen LogP contribution in [0.2, 0.25) is 0 Å². The van der Waals surface area contributed by atoms with Crippen LogP contribution in [0.25, 0.3) is 0 Å². The molecule has 20 heavy (non-hydrogen) atoms. The first-order valence-corrected chi connectivity index (χ1v) is 5.89. The van der Waals surface area contributed by atoms with Gasteiger partial charge in [-0.05, 0) is 30.7 Å². The Kier molecular flexibility index (Phi) is 3.93. The minimum atomic E-state index is -1.36. The van der Waals surface area contributed by atoms with E-state index < -0.39 is 17.3 Å². The molecule has 2 N–H and O–H groups in total. The van der Waals surface area contributed by atoms with Crippen LogP contribution in [0, 0.1) is 11.6 Å². The number of hydrogen-bond acceptors (Lipinski definition) is 3. The fraction of sp³-hybridized carbons (Fsp3) is 0.143. The number of benzene rings is 1. The zero-order valence-electron chi connectivity index (χ0n) is 10.6. The van der Waals surface area contributed by atoms with E-state index in [1.54, 1.807) is 19.1 Å². The quantitative estimate of drug-likeness (QED) is 0.901. The third-order valence-electron chi connectivity index (χ3n) is 2.84. The third kappa shape index (κ3) is 2.90. The van der Waals surface area contributed by atoms with Gasteiger partial charge in [-0.3, -0.25) is 0 Å². The number of carbonyl (C=O) groups is 1. The summed E-state index contributed by atoms with van der Waals surface area (Å²) in [5.74, 6) is -2.80. The maximum atomic E-state index is 13.9. The van der Waals surface area contributed by atoms with Crippen LogP contribution >= 0.6 is 0 Å². The molecular formula is C14H12F2N2O2. The third-order valence-corrected chi connectivity index (χ3v) is 2.84. The Labute approximate surface area is 114 Å². The van der Waals surface area contributed by atoms with Crippen LogP contribution in [-0.2, 0) is 0 Å². The summed E-state index contributed by atoms with van der Waals surface area (Å²) in [6.07, 6.45) is 1.21. The molecule has 1 aromatic carbocycles. The number of aromatic nitrogens is 1. The number of rotatable bonds is 4. The van der Waals surface area contributed by atoms with Crippen LogP contribution in [0.3, 0.4) is 0 Å². The Morgan fingerprint density at radius 1 is 1.25 bits per heavy atom. The topological polar surface area (TPSA) is 62.2 Å². The molecule has 6 heteroatoms. The Bertz CT molecular complexity index is 630. The van der Waals surface area contributed by atoms with Gasteiger partial charge in [0.2, 0.25) is 0 Å². The van der Waals surface area contributed by atoms with Crippen molar-refractivity contribution >= 4 is 11.8 Å². The molecule has 0 saturated carbocycles. The number of pyridine rings is 1. The van der Waals surface area contributed by atoms with Crippen molar-refractivity contribution in [2.75, 3.05) is 5.32 Å². The van der Waals surface area contributed by atoms with E-state index in [2.05, 4.69) is 10.3 Å². The van der Waals surface area contributed by atoms with Gasteiger partial charge in [-0.25, -0.2) is 18.6 Å². The van der Waals surface area contributed by atoms with Gasteiger partial charge in [0, 0.05) is 6.20 Å². The van der Waals surface area contributed by atoms with E-state index in [9.17, 15) is 13.6 Å². The number of carboxylic acid groups (broad SMARTS) is 1. The van der Waals surface area contributed by atoms with Crippen molar-refractivity contribution in [3.8, 4) is 0 Å². The molecule has 2 rings (SSSR count). The Balaban J connectivity index is 2.23. The molecule has 104 valence electrons. The van der Waals surface area contributed by atoms with Crippen LogP contribution in [0.1, 0.15) is 28.9 Å². The van der Waals surface area contributed by atoms with Crippen molar-refractivity contribution in [2.45, 2.75) is 13.0 Å². The zero-order chi connectivity index (χ0) is 14.7. The van der Waals surface area contributed by atoms with Gasteiger partial charge in [0.1, 0.15) is 11.4 Å². The fourth-order valence-electron chi connectivity index (χ4n) is 1.75.